The average molecular weight is 442 g/mol. The second-order valence-corrected chi connectivity index (χ2v) is 8.34. The van der Waals surface area contributed by atoms with Gasteiger partial charge in [0, 0.05) is 49.9 Å². The number of carbonyl (C=O) groups excluding carboxylic acids is 2. The normalized spacial score (nSPS) is 19.5. The molecule has 1 N–H and O–H groups in total. The fourth-order valence-electron chi connectivity index (χ4n) is 4.40. The van der Waals surface area contributed by atoms with Crippen molar-refractivity contribution in [2.45, 2.75) is 6.42 Å². The van der Waals surface area contributed by atoms with Crippen LogP contribution in [0.15, 0.2) is 42.5 Å². The van der Waals surface area contributed by atoms with Crippen molar-refractivity contribution in [1.29, 1.82) is 0 Å². The number of hydrogen-bond donors (Lipinski definition) is 1. The standard InChI is InChI=1S/C22H21ClFN5O2/c23-15-3-1-4-16(12-15)27-7-9-28(10-8-27)22(31)14-11-19(30)29(13-14)21-20-17(24)5-2-6-18(20)25-26-21/h1-6,12,14H,7-11,13H2,(H,25,26). The Morgan fingerprint density at radius 1 is 1.13 bits per heavy atom. The molecule has 0 spiro atoms. The quantitative estimate of drug-likeness (QED) is 0.678. The Bertz CT molecular complexity index is 1160. The molecule has 9 heteroatoms. The van der Waals surface area contributed by atoms with Crippen molar-refractivity contribution in [3.05, 3.63) is 53.3 Å². The highest BCUT2D eigenvalue weighted by Crippen LogP contribution is 2.32. The lowest BCUT2D eigenvalue weighted by molar-refractivity contribution is -0.136. The van der Waals surface area contributed by atoms with E-state index < -0.39 is 11.7 Å². The molecule has 0 aliphatic carbocycles. The van der Waals surface area contributed by atoms with Crippen LogP contribution in [0.5, 0.6) is 0 Å². The molecule has 1 atom stereocenters. The highest BCUT2D eigenvalue weighted by Gasteiger charge is 2.39. The van der Waals surface area contributed by atoms with E-state index in [0.717, 1.165) is 5.69 Å². The minimum Gasteiger partial charge on any atom is -0.368 e. The van der Waals surface area contributed by atoms with Gasteiger partial charge in [0.15, 0.2) is 5.82 Å². The summed E-state index contributed by atoms with van der Waals surface area (Å²) in [7, 11) is 0. The zero-order valence-electron chi connectivity index (χ0n) is 16.7. The number of rotatable bonds is 3. The van der Waals surface area contributed by atoms with Crippen molar-refractivity contribution in [3.8, 4) is 0 Å². The van der Waals surface area contributed by atoms with Crippen molar-refractivity contribution in [3.63, 3.8) is 0 Å². The van der Waals surface area contributed by atoms with Crippen molar-refractivity contribution < 1.29 is 14.0 Å². The number of anilines is 2. The van der Waals surface area contributed by atoms with Gasteiger partial charge in [-0.1, -0.05) is 23.7 Å². The number of nitrogens with zero attached hydrogens (tertiary/aromatic N) is 4. The summed E-state index contributed by atoms with van der Waals surface area (Å²) in [5.74, 6) is -0.904. The lowest BCUT2D eigenvalue weighted by atomic mass is 10.1. The van der Waals surface area contributed by atoms with Crippen LogP contribution in [-0.4, -0.2) is 59.6 Å². The second-order valence-electron chi connectivity index (χ2n) is 7.91. The smallest absolute Gasteiger partial charge is 0.229 e. The van der Waals surface area contributed by atoms with E-state index in [4.69, 9.17) is 11.6 Å². The Morgan fingerprint density at radius 3 is 2.68 bits per heavy atom. The molecule has 0 saturated carbocycles. The number of H-pyrrole nitrogens is 1. The summed E-state index contributed by atoms with van der Waals surface area (Å²) < 4.78 is 14.3. The summed E-state index contributed by atoms with van der Waals surface area (Å²) >= 11 is 6.09. The monoisotopic (exact) mass is 441 g/mol. The molecule has 2 fully saturated rings. The number of fused-ring (bicyclic) bond motifs is 1. The van der Waals surface area contributed by atoms with Crippen LogP contribution >= 0.6 is 11.6 Å². The van der Waals surface area contributed by atoms with Crippen LogP contribution < -0.4 is 9.80 Å². The van der Waals surface area contributed by atoms with Gasteiger partial charge in [-0.15, -0.1) is 0 Å². The molecule has 2 saturated heterocycles. The minimum absolute atomic E-state index is 0.0399. The number of aromatic amines is 1. The van der Waals surface area contributed by atoms with Crippen LogP contribution in [0.3, 0.4) is 0 Å². The van der Waals surface area contributed by atoms with Gasteiger partial charge in [0.1, 0.15) is 5.82 Å². The molecule has 3 aromatic rings. The summed E-state index contributed by atoms with van der Waals surface area (Å²) in [4.78, 5) is 31.2. The van der Waals surface area contributed by atoms with E-state index in [2.05, 4.69) is 15.1 Å². The van der Waals surface area contributed by atoms with E-state index in [1.165, 1.54) is 11.0 Å². The Morgan fingerprint density at radius 2 is 1.90 bits per heavy atom. The summed E-state index contributed by atoms with van der Waals surface area (Å²) in [5.41, 5.74) is 1.56. The number of amides is 2. The van der Waals surface area contributed by atoms with Gasteiger partial charge in [0.05, 0.1) is 16.8 Å². The molecule has 3 heterocycles. The molecule has 2 aromatic carbocycles. The van der Waals surface area contributed by atoms with Gasteiger partial charge in [-0.25, -0.2) is 4.39 Å². The van der Waals surface area contributed by atoms with Gasteiger partial charge in [0.2, 0.25) is 11.8 Å². The van der Waals surface area contributed by atoms with E-state index in [1.54, 1.807) is 12.1 Å². The lowest BCUT2D eigenvalue weighted by Gasteiger charge is -2.37. The largest absolute Gasteiger partial charge is 0.368 e. The lowest BCUT2D eigenvalue weighted by Crippen LogP contribution is -2.50. The van der Waals surface area contributed by atoms with Crippen LogP contribution in [0.25, 0.3) is 10.9 Å². The Kier molecular flexibility index (Phi) is 5.02. The highest BCUT2D eigenvalue weighted by molar-refractivity contribution is 6.30. The summed E-state index contributed by atoms with van der Waals surface area (Å²) in [6.45, 7) is 2.77. The Balaban J connectivity index is 1.26. The molecule has 1 unspecified atom stereocenters. The zero-order chi connectivity index (χ0) is 21.5. The van der Waals surface area contributed by atoms with Crippen molar-refractivity contribution >= 4 is 45.8 Å². The molecule has 31 heavy (non-hydrogen) atoms. The second kappa shape index (κ2) is 7.85. The summed E-state index contributed by atoms with van der Waals surface area (Å²) in [6.07, 6.45) is 0.107. The van der Waals surface area contributed by atoms with Gasteiger partial charge in [-0.2, -0.15) is 5.10 Å². The van der Waals surface area contributed by atoms with E-state index in [1.807, 2.05) is 29.2 Å². The fraction of sp³-hybridized carbons (Fsp3) is 0.318. The highest BCUT2D eigenvalue weighted by atomic mass is 35.5. The average Bonchev–Trinajstić information content (AvgIpc) is 3.37. The first-order chi connectivity index (χ1) is 15.0. The number of halogens is 2. The third kappa shape index (κ3) is 3.61. The number of piperazine rings is 1. The van der Waals surface area contributed by atoms with E-state index in [9.17, 15) is 14.0 Å². The molecule has 2 aliphatic heterocycles. The molecule has 0 bridgehead atoms. The fourth-order valence-corrected chi connectivity index (χ4v) is 4.59. The summed E-state index contributed by atoms with van der Waals surface area (Å²) in [5, 5.41) is 7.87. The third-order valence-corrected chi connectivity index (χ3v) is 6.25. The van der Waals surface area contributed by atoms with Gasteiger partial charge in [-0.05, 0) is 30.3 Å². The maximum Gasteiger partial charge on any atom is 0.229 e. The predicted molar refractivity (Wildman–Crippen MR) is 117 cm³/mol. The van der Waals surface area contributed by atoms with E-state index >= 15 is 0 Å². The number of aromatic nitrogens is 2. The first kappa shape index (κ1) is 19.8. The van der Waals surface area contributed by atoms with Crippen LogP contribution in [-0.2, 0) is 9.59 Å². The first-order valence-electron chi connectivity index (χ1n) is 10.2. The molecular formula is C22H21ClFN5O2. The van der Waals surface area contributed by atoms with Crippen molar-refractivity contribution in [2.24, 2.45) is 5.92 Å². The molecule has 2 aliphatic rings. The first-order valence-corrected chi connectivity index (χ1v) is 10.6. The molecule has 0 radical (unpaired) electrons. The number of nitrogens with one attached hydrogen (secondary N) is 1. The number of benzene rings is 2. The maximum atomic E-state index is 14.3. The van der Waals surface area contributed by atoms with Crippen LogP contribution in [0, 0.1) is 11.7 Å². The third-order valence-electron chi connectivity index (χ3n) is 6.01. The zero-order valence-corrected chi connectivity index (χ0v) is 17.5. The SMILES string of the molecule is O=C(C1CC(=O)N(c2n[nH]c3cccc(F)c23)C1)N1CCN(c2cccc(Cl)c2)CC1. The minimum atomic E-state index is -0.455. The maximum absolute atomic E-state index is 14.3. The predicted octanol–water partition coefficient (Wildman–Crippen LogP) is 3.06. The molecule has 1 aromatic heterocycles. The van der Waals surface area contributed by atoms with Crippen LogP contribution in [0.4, 0.5) is 15.9 Å². The van der Waals surface area contributed by atoms with Gasteiger partial charge >= 0.3 is 0 Å². The van der Waals surface area contributed by atoms with Crippen LogP contribution in [0.1, 0.15) is 6.42 Å². The molecule has 160 valence electrons. The summed E-state index contributed by atoms with van der Waals surface area (Å²) in [6, 6.07) is 12.3. The van der Waals surface area contributed by atoms with E-state index in [0.29, 0.717) is 36.7 Å². The van der Waals surface area contributed by atoms with Gasteiger partial charge in [-0.3, -0.25) is 19.6 Å². The molecule has 5 rings (SSSR count). The number of carbonyl (C=O) groups is 2. The van der Waals surface area contributed by atoms with Crippen molar-refractivity contribution in [2.75, 3.05) is 42.5 Å². The van der Waals surface area contributed by atoms with Gasteiger partial charge < -0.3 is 9.80 Å². The van der Waals surface area contributed by atoms with Crippen LogP contribution in [0.2, 0.25) is 5.02 Å². The van der Waals surface area contributed by atoms with E-state index in [-0.39, 0.29) is 36.0 Å². The van der Waals surface area contributed by atoms with Crippen molar-refractivity contribution in [1.82, 2.24) is 15.1 Å². The van der Waals surface area contributed by atoms with Gasteiger partial charge in [0.25, 0.3) is 0 Å². The Labute approximate surface area is 183 Å². The topological polar surface area (TPSA) is 72.5 Å². The molecule has 2 amide bonds. The molecular weight excluding hydrogens is 421 g/mol. The molecule has 7 nitrogen and oxygen atoms in total. The Hall–Kier alpha value is -3.13. The number of hydrogen-bond acceptors (Lipinski definition) is 4.